The van der Waals surface area contributed by atoms with Gasteiger partial charge in [-0.2, -0.15) is 0 Å². The van der Waals surface area contributed by atoms with Gasteiger partial charge >= 0.3 is 0 Å². The van der Waals surface area contributed by atoms with Crippen LogP contribution in [0.3, 0.4) is 0 Å². The lowest BCUT2D eigenvalue weighted by Crippen LogP contribution is -2.36. The second-order valence-corrected chi connectivity index (χ2v) is 6.13. The van der Waals surface area contributed by atoms with Crippen LogP contribution in [0.1, 0.15) is 30.4 Å². The molecule has 0 saturated carbocycles. The van der Waals surface area contributed by atoms with Crippen LogP contribution < -0.4 is 0 Å². The zero-order valence-electron chi connectivity index (χ0n) is 13.6. The predicted octanol–water partition coefficient (Wildman–Crippen LogP) is 5.27. The van der Waals surface area contributed by atoms with Gasteiger partial charge in [0.25, 0.3) is 0 Å². The summed E-state index contributed by atoms with van der Waals surface area (Å²) >= 11 is 0. The summed E-state index contributed by atoms with van der Waals surface area (Å²) in [6.45, 7) is 2.39. The molecule has 1 heteroatoms. The van der Waals surface area contributed by atoms with Gasteiger partial charge in [-0.3, -0.25) is 4.90 Å². The maximum absolute atomic E-state index is 2.59. The number of likely N-dealkylation sites (tertiary alicyclic amines) is 1. The maximum atomic E-state index is 2.59. The second kappa shape index (κ2) is 8.50. The van der Waals surface area contributed by atoms with Gasteiger partial charge in [-0.15, -0.1) is 0 Å². The molecule has 0 N–H and O–H groups in total. The van der Waals surface area contributed by atoms with Gasteiger partial charge in [-0.1, -0.05) is 91.4 Å². The van der Waals surface area contributed by atoms with Crippen molar-refractivity contribution in [1.82, 2.24) is 4.90 Å². The first-order chi connectivity index (χ1) is 11.4. The van der Waals surface area contributed by atoms with Crippen LogP contribution in [-0.4, -0.2) is 24.0 Å². The maximum Gasteiger partial charge on any atom is 0.0468 e. The molecule has 1 nitrogen and oxygen atoms in total. The number of piperidine rings is 1. The minimum absolute atomic E-state index is 0.371. The predicted molar refractivity (Wildman–Crippen MR) is 100 cm³/mol. The molecule has 1 aliphatic heterocycles. The van der Waals surface area contributed by atoms with Crippen LogP contribution in [0.2, 0.25) is 0 Å². The van der Waals surface area contributed by atoms with Crippen molar-refractivity contribution < 1.29 is 0 Å². The SMILES string of the molecule is C(=C\C(/C=C/c1ccccc1)N1CCCCC1)/c1ccccc1. The molecule has 0 amide bonds. The van der Waals surface area contributed by atoms with Crippen molar-refractivity contribution in [3.63, 3.8) is 0 Å². The summed E-state index contributed by atoms with van der Waals surface area (Å²) in [6, 6.07) is 21.5. The van der Waals surface area contributed by atoms with Crippen LogP contribution in [0.15, 0.2) is 72.8 Å². The van der Waals surface area contributed by atoms with E-state index in [-0.39, 0.29) is 0 Å². The van der Waals surface area contributed by atoms with Gasteiger partial charge < -0.3 is 0 Å². The van der Waals surface area contributed by atoms with Gasteiger partial charge in [-0.05, 0) is 37.1 Å². The zero-order valence-corrected chi connectivity index (χ0v) is 13.6. The summed E-state index contributed by atoms with van der Waals surface area (Å²) in [6.07, 6.45) is 13.2. The molecule has 118 valence electrons. The molecule has 0 radical (unpaired) electrons. The Balaban J connectivity index is 1.75. The molecule has 1 heterocycles. The van der Waals surface area contributed by atoms with Gasteiger partial charge in [-0.25, -0.2) is 0 Å². The molecule has 2 aromatic carbocycles. The van der Waals surface area contributed by atoms with Crippen molar-refractivity contribution in [2.45, 2.75) is 25.3 Å². The highest BCUT2D eigenvalue weighted by Gasteiger charge is 2.15. The third-order valence-electron chi connectivity index (χ3n) is 4.38. The number of benzene rings is 2. The lowest BCUT2D eigenvalue weighted by atomic mass is 10.1. The first-order valence-electron chi connectivity index (χ1n) is 8.62. The summed E-state index contributed by atoms with van der Waals surface area (Å²) in [4.78, 5) is 2.59. The summed E-state index contributed by atoms with van der Waals surface area (Å²) in [5.41, 5.74) is 2.53. The minimum Gasteiger partial charge on any atom is -0.293 e. The quantitative estimate of drug-likeness (QED) is 0.727. The van der Waals surface area contributed by atoms with Gasteiger partial charge in [0.2, 0.25) is 0 Å². The summed E-state index contributed by atoms with van der Waals surface area (Å²) < 4.78 is 0. The Bertz CT molecular complexity index is 572. The molecular weight excluding hydrogens is 278 g/mol. The van der Waals surface area contributed by atoms with Crippen molar-refractivity contribution in [1.29, 1.82) is 0 Å². The topological polar surface area (TPSA) is 3.24 Å². The van der Waals surface area contributed by atoms with Gasteiger partial charge in [0, 0.05) is 6.04 Å². The number of rotatable bonds is 5. The fraction of sp³-hybridized carbons (Fsp3) is 0.273. The normalized spacial score (nSPS) is 16.6. The molecule has 1 saturated heterocycles. The van der Waals surface area contributed by atoms with Crippen molar-refractivity contribution in [3.05, 3.63) is 83.9 Å². The third kappa shape index (κ3) is 4.94. The molecule has 0 unspecified atom stereocenters. The van der Waals surface area contributed by atoms with Crippen molar-refractivity contribution in [2.24, 2.45) is 0 Å². The van der Waals surface area contributed by atoms with E-state index < -0.39 is 0 Å². The standard InChI is InChI=1S/C22H25N/c1-4-10-20(11-5-1)14-16-22(23-18-8-3-9-19-23)17-15-21-12-6-2-7-13-21/h1-2,4-7,10-17,22H,3,8-9,18-19H2/b16-14+,17-15+. The molecular formula is C22H25N. The van der Waals surface area contributed by atoms with E-state index in [4.69, 9.17) is 0 Å². The van der Waals surface area contributed by atoms with Crippen LogP contribution >= 0.6 is 0 Å². The van der Waals surface area contributed by atoms with E-state index in [1.54, 1.807) is 0 Å². The fourth-order valence-corrected chi connectivity index (χ4v) is 3.07. The average Bonchev–Trinajstić information content (AvgIpc) is 2.64. The monoisotopic (exact) mass is 303 g/mol. The Morgan fingerprint density at radius 1 is 0.652 bits per heavy atom. The summed E-state index contributed by atoms with van der Waals surface area (Å²) in [5.74, 6) is 0. The fourth-order valence-electron chi connectivity index (χ4n) is 3.07. The Morgan fingerprint density at radius 2 is 1.13 bits per heavy atom. The van der Waals surface area contributed by atoms with Crippen LogP contribution in [0.5, 0.6) is 0 Å². The zero-order chi connectivity index (χ0) is 15.7. The molecule has 3 rings (SSSR count). The smallest absolute Gasteiger partial charge is 0.0468 e. The number of nitrogens with zero attached hydrogens (tertiary/aromatic N) is 1. The Hall–Kier alpha value is -2.12. The molecule has 0 aromatic heterocycles. The molecule has 1 aliphatic rings. The van der Waals surface area contributed by atoms with Crippen LogP contribution in [0.4, 0.5) is 0 Å². The average molecular weight is 303 g/mol. The van der Waals surface area contributed by atoms with E-state index in [0.717, 1.165) is 0 Å². The summed E-state index contributed by atoms with van der Waals surface area (Å²) in [7, 11) is 0. The van der Waals surface area contributed by atoms with E-state index in [1.807, 2.05) is 0 Å². The summed E-state index contributed by atoms with van der Waals surface area (Å²) in [5, 5.41) is 0. The molecule has 0 bridgehead atoms. The molecule has 1 fully saturated rings. The molecule has 0 atom stereocenters. The molecule has 2 aromatic rings. The highest BCUT2D eigenvalue weighted by Crippen LogP contribution is 2.16. The van der Waals surface area contributed by atoms with Crippen LogP contribution in [-0.2, 0) is 0 Å². The second-order valence-electron chi connectivity index (χ2n) is 6.13. The van der Waals surface area contributed by atoms with Crippen molar-refractivity contribution >= 4 is 12.2 Å². The van der Waals surface area contributed by atoms with Gasteiger partial charge in [0.1, 0.15) is 0 Å². The first kappa shape index (κ1) is 15.8. The van der Waals surface area contributed by atoms with E-state index in [2.05, 4.69) is 89.9 Å². The van der Waals surface area contributed by atoms with E-state index in [1.165, 1.54) is 43.5 Å². The molecule has 0 spiro atoms. The van der Waals surface area contributed by atoms with Crippen molar-refractivity contribution in [2.75, 3.05) is 13.1 Å². The lowest BCUT2D eigenvalue weighted by Gasteiger charge is -2.31. The van der Waals surface area contributed by atoms with E-state index in [9.17, 15) is 0 Å². The number of hydrogen-bond acceptors (Lipinski definition) is 1. The van der Waals surface area contributed by atoms with E-state index in [0.29, 0.717) is 6.04 Å². The number of hydrogen-bond donors (Lipinski definition) is 0. The van der Waals surface area contributed by atoms with Gasteiger partial charge in [0.05, 0.1) is 0 Å². The van der Waals surface area contributed by atoms with Gasteiger partial charge in [0.15, 0.2) is 0 Å². The highest BCUT2D eigenvalue weighted by atomic mass is 15.1. The molecule has 0 aliphatic carbocycles. The minimum atomic E-state index is 0.371. The lowest BCUT2D eigenvalue weighted by molar-refractivity contribution is 0.216. The first-order valence-corrected chi connectivity index (χ1v) is 8.62. The Labute approximate surface area is 140 Å². The third-order valence-corrected chi connectivity index (χ3v) is 4.38. The Morgan fingerprint density at radius 3 is 1.61 bits per heavy atom. The Kier molecular flexibility index (Phi) is 5.82. The van der Waals surface area contributed by atoms with Crippen LogP contribution in [0, 0.1) is 0 Å². The van der Waals surface area contributed by atoms with Crippen molar-refractivity contribution in [3.8, 4) is 0 Å². The van der Waals surface area contributed by atoms with E-state index >= 15 is 0 Å². The highest BCUT2D eigenvalue weighted by molar-refractivity contribution is 5.53. The van der Waals surface area contributed by atoms with Crippen LogP contribution in [0.25, 0.3) is 12.2 Å². The molecule has 23 heavy (non-hydrogen) atoms. The largest absolute Gasteiger partial charge is 0.293 e.